The van der Waals surface area contributed by atoms with Crippen molar-refractivity contribution in [1.29, 1.82) is 0 Å². The Bertz CT molecular complexity index is 2200. The highest BCUT2D eigenvalue weighted by Gasteiger charge is 2.53. The van der Waals surface area contributed by atoms with Gasteiger partial charge in [0.25, 0.3) is 0 Å². The number of benzene rings is 4. The summed E-state index contributed by atoms with van der Waals surface area (Å²) in [6.07, 6.45) is -13.8. The summed E-state index contributed by atoms with van der Waals surface area (Å²) in [7, 11) is 2.94. The van der Waals surface area contributed by atoms with Crippen LogP contribution in [-0.2, 0) is 38.1 Å². The molecule has 1 aromatic heterocycles. The van der Waals surface area contributed by atoms with Gasteiger partial charge in [-0.05, 0) is 54.1 Å². The van der Waals surface area contributed by atoms with Crippen LogP contribution >= 0.6 is 0 Å². The number of hydrogen-bond acceptors (Lipinski definition) is 11. The van der Waals surface area contributed by atoms with E-state index in [0.29, 0.717) is 11.3 Å². The van der Waals surface area contributed by atoms with Crippen LogP contribution in [0, 0.1) is 0 Å². The molecule has 5 unspecified atom stereocenters. The highest BCUT2D eigenvalue weighted by molar-refractivity contribution is 5.90. The fourth-order valence-corrected chi connectivity index (χ4v) is 6.22. The van der Waals surface area contributed by atoms with Crippen molar-refractivity contribution in [2.24, 2.45) is 4.99 Å². The summed E-state index contributed by atoms with van der Waals surface area (Å²) in [5.41, 5.74) is -1.14. The van der Waals surface area contributed by atoms with E-state index >= 15 is 4.39 Å². The van der Waals surface area contributed by atoms with Gasteiger partial charge in [0.2, 0.25) is 18.3 Å². The lowest BCUT2D eigenvalue weighted by molar-refractivity contribution is -0.265. The van der Waals surface area contributed by atoms with Crippen LogP contribution in [0.1, 0.15) is 54.3 Å². The summed E-state index contributed by atoms with van der Waals surface area (Å²) in [5.74, 6) is -2.89. The van der Waals surface area contributed by atoms with Crippen molar-refractivity contribution in [2.45, 2.75) is 56.3 Å². The van der Waals surface area contributed by atoms with Gasteiger partial charge in [-0.2, -0.15) is 18.3 Å². The van der Waals surface area contributed by atoms with Crippen LogP contribution in [-0.4, -0.2) is 85.4 Å². The Balaban J connectivity index is 1.45. The summed E-state index contributed by atoms with van der Waals surface area (Å²) < 4.78 is 96.9. The smallest absolute Gasteiger partial charge is 0.435 e. The number of aromatic nitrogens is 2. The lowest BCUT2D eigenvalue weighted by Gasteiger charge is -2.42. The summed E-state index contributed by atoms with van der Waals surface area (Å²) in [5, 5.41) is 3.90. The van der Waals surface area contributed by atoms with Gasteiger partial charge in [0.1, 0.15) is 18.5 Å². The molecule has 16 heteroatoms. The number of hydrogen-bond donors (Lipinski definition) is 0. The number of methoxy groups -OCH3 is 1. The molecule has 1 aliphatic heterocycles. The van der Waals surface area contributed by atoms with Crippen LogP contribution < -0.4 is 9.47 Å². The molecule has 4 aromatic carbocycles. The Labute approximate surface area is 336 Å². The Hall–Kier alpha value is -6.55. The van der Waals surface area contributed by atoms with Crippen LogP contribution in [0.15, 0.2) is 120 Å². The van der Waals surface area contributed by atoms with Gasteiger partial charge < -0.3 is 33.4 Å². The number of alkyl halides is 4. The summed E-state index contributed by atoms with van der Waals surface area (Å²) >= 11 is 0. The lowest BCUT2D eigenvalue weighted by Crippen LogP contribution is -2.61. The molecule has 0 aliphatic carbocycles. The molecule has 6 rings (SSSR count). The van der Waals surface area contributed by atoms with E-state index in [1.807, 2.05) is 0 Å². The Morgan fingerprint density at radius 2 is 1.34 bits per heavy atom. The van der Waals surface area contributed by atoms with Crippen LogP contribution in [0.4, 0.5) is 17.6 Å². The molecule has 5 aromatic rings. The standard InChI is InChI=1S/C43H39F4N3O9/c1-48-23-12-24-50-38(32(37(49-50)43(45,46)47)25-27-19-21-31(54-2)22-20-27)59-42-36(58-41(53)30-17-10-5-11-18-30)35(57-40(52)29-15-8-4-9-16-29)34(44)33(56-42)26-55-39(51)28-13-6-3-7-14-28/h3-11,13-23,33-36,42H,12,24-26H2,1-2H3. The van der Waals surface area contributed by atoms with Gasteiger partial charge in [-0.3, -0.25) is 0 Å². The molecule has 0 amide bonds. The molecule has 0 bridgehead atoms. The third-order valence-corrected chi connectivity index (χ3v) is 9.15. The van der Waals surface area contributed by atoms with Crippen molar-refractivity contribution in [1.82, 2.24) is 9.78 Å². The van der Waals surface area contributed by atoms with Gasteiger partial charge in [0.15, 0.2) is 18.0 Å². The fourth-order valence-electron chi connectivity index (χ4n) is 6.22. The second kappa shape index (κ2) is 19.3. The van der Waals surface area contributed by atoms with Gasteiger partial charge >= 0.3 is 24.1 Å². The Kier molecular flexibility index (Phi) is 13.7. The zero-order chi connectivity index (χ0) is 41.9. The van der Waals surface area contributed by atoms with E-state index in [-0.39, 0.29) is 36.1 Å². The van der Waals surface area contributed by atoms with E-state index in [0.717, 1.165) is 4.68 Å². The third kappa shape index (κ3) is 10.5. The number of ether oxygens (including phenoxy) is 6. The molecule has 0 radical (unpaired) electrons. The molecule has 0 saturated carbocycles. The van der Waals surface area contributed by atoms with Gasteiger partial charge in [0.05, 0.1) is 29.4 Å². The largest absolute Gasteiger partial charge is 0.497 e. The van der Waals surface area contributed by atoms with E-state index in [2.05, 4.69) is 10.1 Å². The van der Waals surface area contributed by atoms with E-state index in [4.69, 9.17) is 28.4 Å². The van der Waals surface area contributed by atoms with Crippen LogP contribution in [0.25, 0.3) is 0 Å². The Morgan fingerprint density at radius 3 is 1.86 bits per heavy atom. The van der Waals surface area contributed by atoms with Crippen molar-refractivity contribution in [3.8, 4) is 11.6 Å². The van der Waals surface area contributed by atoms with Crippen LogP contribution in [0.2, 0.25) is 0 Å². The summed E-state index contributed by atoms with van der Waals surface area (Å²) in [4.78, 5) is 44.1. The number of aryl methyl sites for hydroxylation is 1. The topological polar surface area (TPSA) is 137 Å². The first-order chi connectivity index (χ1) is 28.5. The molecule has 5 atom stereocenters. The molecular weight excluding hydrogens is 778 g/mol. The highest BCUT2D eigenvalue weighted by Crippen LogP contribution is 2.40. The average molecular weight is 818 g/mol. The molecule has 0 spiro atoms. The molecule has 2 heterocycles. The molecule has 1 fully saturated rings. The van der Waals surface area contributed by atoms with Gasteiger partial charge in [0, 0.05) is 32.6 Å². The maximum atomic E-state index is 16.9. The normalized spacial score (nSPS) is 19.2. The predicted molar refractivity (Wildman–Crippen MR) is 204 cm³/mol. The monoisotopic (exact) mass is 817 g/mol. The first-order valence-corrected chi connectivity index (χ1v) is 18.4. The van der Waals surface area contributed by atoms with Crippen LogP contribution in [0.5, 0.6) is 11.6 Å². The maximum Gasteiger partial charge on any atom is 0.435 e. The van der Waals surface area contributed by atoms with E-state index in [1.165, 1.54) is 56.8 Å². The van der Waals surface area contributed by atoms with Crippen molar-refractivity contribution in [3.05, 3.63) is 149 Å². The second-order valence-electron chi connectivity index (χ2n) is 13.1. The van der Waals surface area contributed by atoms with E-state index in [1.54, 1.807) is 78.9 Å². The number of halogens is 4. The molecule has 0 N–H and O–H groups in total. The van der Waals surface area contributed by atoms with Crippen molar-refractivity contribution >= 4 is 24.1 Å². The molecule has 12 nitrogen and oxygen atoms in total. The zero-order valence-corrected chi connectivity index (χ0v) is 31.8. The second-order valence-corrected chi connectivity index (χ2v) is 13.1. The van der Waals surface area contributed by atoms with E-state index in [9.17, 15) is 27.6 Å². The minimum atomic E-state index is -4.98. The quantitative estimate of drug-likeness (QED) is 0.0457. The summed E-state index contributed by atoms with van der Waals surface area (Å²) in [6, 6.07) is 29.2. The fraction of sp³-hybridized carbons (Fsp3) is 0.279. The van der Waals surface area contributed by atoms with Gasteiger partial charge in [-0.15, -0.1) is 0 Å². The molecule has 308 valence electrons. The van der Waals surface area contributed by atoms with Gasteiger partial charge in [-0.25, -0.2) is 23.5 Å². The maximum absolute atomic E-state index is 16.9. The molecular formula is C43H39F4N3O9. The van der Waals surface area contributed by atoms with E-state index < -0.39 is 78.6 Å². The molecule has 59 heavy (non-hydrogen) atoms. The number of nitrogens with zero attached hydrogens (tertiary/aromatic N) is 3. The Morgan fingerprint density at radius 1 is 0.797 bits per heavy atom. The number of esters is 3. The van der Waals surface area contributed by atoms with Gasteiger partial charge in [-0.1, -0.05) is 66.7 Å². The number of aliphatic imine (C=N–C) groups is 1. The lowest BCUT2D eigenvalue weighted by atomic mass is 9.99. The van der Waals surface area contributed by atoms with Crippen molar-refractivity contribution in [2.75, 3.05) is 20.8 Å². The highest BCUT2D eigenvalue weighted by atomic mass is 19.4. The zero-order valence-electron chi connectivity index (χ0n) is 31.8. The third-order valence-electron chi connectivity index (χ3n) is 9.15. The first kappa shape index (κ1) is 42.1. The minimum Gasteiger partial charge on any atom is -0.497 e. The number of rotatable bonds is 15. The number of carbonyl (C=O) groups excluding carboxylic acids is 3. The molecule has 1 saturated heterocycles. The predicted octanol–water partition coefficient (Wildman–Crippen LogP) is 7.34. The average Bonchev–Trinajstić information content (AvgIpc) is 3.59. The van der Waals surface area contributed by atoms with Crippen molar-refractivity contribution < 1.29 is 60.4 Å². The molecule has 1 aliphatic rings. The van der Waals surface area contributed by atoms with Crippen molar-refractivity contribution in [3.63, 3.8) is 0 Å². The minimum absolute atomic E-state index is 0.0103. The summed E-state index contributed by atoms with van der Waals surface area (Å²) in [6.45, 7) is -0.942. The van der Waals surface area contributed by atoms with Crippen LogP contribution in [0.3, 0.4) is 0 Å². The SMILES string of the molecule is CN=CCCn1nc(C(F)(F)F)c(Cc2ccc(OC)cc2)c1OC1OC(COC(=O)c2ccccc2)C(F)C(OC(=O)c2ccccc2)C1OC(=O)c1ccccc1. The number of carbonyl (C=O) groups is 3. The first-order valence-electron chi connectivity index (χ1n) is 18.4.